The molecule has 1 aliphatic rings. The third-order valence-corrected chi connectivity index (χ3v) is 5.86. The molecule has 2 rings (SSSR count). The maximum absolute atomic E-state index is 13.2. The Bertz CT molecular complexity index is 887. The third kappa shape index (κ3) is 9.62. The molecule has 1 aliphatic heterocycles. The number of aliphatic carboxylic acids is 1. The van der Waals surface area contributed by atoms with Crippen molar-refractivity contribution in [2.24, 2.45) is 11.5 Å². The van der Waals surface area contributed by atoms with E-state index in [4.69, 9.17) is 11.5 Å². The van der Waals surface area contributed by atoms with E-state index in [1.165, 1.54) is 12.5 Å². The molecule has 4 amide bonds. The highest BCUT2D eigenvalue weighted by Crippen LogP contribution is 2.09. The Labute approximate surface area is 208 Å². The molecule has 10 N–H and O–H groups in total. The van der Waals surface area contributed by atoms with Crippen molar-refractivity contribution in [3.05, 3.63) is 18.2 Å². The molecule has 0 aliphatic carbocycles. The molecule has 14 heteroatoms. The minimum Gasteiger partial charge on any atom is -0.480 e. The van der Waals surface area contributed by atoms with Gasteiger partial charge in [-0.2, -0.15) is 0 Å². The number of nitrogens with two attached hydrogens (primary N) is 2. The van der Waals surface area contributed by atoms with Crippen LogP contribution < -0.4 is 32.7 Å². The van der Waals surface area contributed by atoms with Gasteiger partial charge in [0.25, 0.3) is 0 Å². The van der Waals surface area contributed by atoms with E-state index in [2.05, 4.69) is 31.2 Å². The van der Waals surface area contributed by atoms with Gasteiger partial charge in [0.2, 0.25) is 23.6 Å². The Balaban J connectivity index is 2.13. The number of carbonyl (C=O) groups excluding carboxylic acids is 4. The minimum absolute atomic E-state index is 0.109. The van der Waals surface area contributed by atoms with Crippen LogP contribution >= 0.6 is 0 Å². The SMILES string of the molecule is NCCCCC(NC(=O)C(Cc1cnc[nH]1)NC(=O)C1CCCN1)C(=O)NC(CCC(N)=O)C(=O)O. The van der Waals surface area contributed by atoms with Crippen LogP contribution in [0.25, 0.3) is 0 Å². The molecule has 1 aromatic rings. The lowest BCUT2D eigenvalue weighted by atomic mass is 10.0. The van der Waals surface area contributed by atoms with Crippen molar-refractivity contribution in [2.75, 3.05) is 13.1 Å². The van der Waals surface area contributed by atoms with Crippen LogP contribution in [-0.4, -0.2) is 81.9 Å². The second kappa shape index (κ2) is 14.8. The predicted molar refractivity (Wildman–Crippen MR) is 128 cm³/mol. The van der Waals surface area contributed by atoms with Crippen molar-refractivity contribution in [3.63, 3.8) is 0 Å². The van der Waals surface area contributed by atoms with E-state index in [0.717, 1.165) is 6.42 Å². The van der Waals surface area contributed by atoms with E-state index in [1.54, 1.807) is 0 Å². The number of imidazole rings is 1. The number of nitrogens with one attached hydrogen (secondary N) is 5. The van der Waals surface area contributed by atoms with Crippen molar-refractivity contribution in [1.82, 2.24) is 31.2 Å². The highest BCUT2D eigenvalue weighted by Gasteiger charge is 2.31. The number of aromatic nitrogens is 2. The predicted octanol–water partition coefficient (Wildman–Crippen LogP) is -2.36. The number of aromatic amines is 1. The van der Waals surface area contributed by atoms with Gasteiger partial charge in [0.1, 0.15) is 18.1 Å². The fraction of sp³-hybridized carbons (Fsp3) is 0.636. The lowest BCUT2D eigenvalue weighted by Crippen LogP contribution is -2.57. The van der Waals surface area contributed by atoms with Crippen LogP contribution in [0, 0.1) is 0 Å². The monoisotopic (exact) mass is 508 g/mol. The summed E-state index contributed by atoms with van der Waals surface area (Å²) in [6.07, 6.45) is 5.46. The molecule has 4 atom stereocenters. The fourth-order valence-corrected chi connectivity index (χ4v) is 3.86. The van der Waals surface area contributed by atoms with Crippen LogP contribution in [0.15, 0.2) is 12.5 Å². The Hall–Kier alpha value is -3.52. The molecule has 0 saturated carbocycles. The van der Waals surface area contributed by atoms with Crippen molar-refractivity contribution in [3.8, 4) is 0 Å². The summed E-state index contributed by atoms with van der Waals surface area (Å²) in [5.41, 5.74) is 11.2. The first kappa shape index (κ1) is 28.7. The summed E-state index contributed by atoms with van der Waals surface area (Å²) in [5.74, 6) is -3.68. The molecule has 2 heterocycles. The molecule has 14 nitrogen and oxygen atoms in total. The number of H-pyrrole nitrogens is 1. The topological polar surface area (TPSA) is 234 Å². The lowest BCUT2D eigenvalue weighted by Gasteiger charge is -2.25. The van der Waals surface area contributed by atoms with Gasteiger partial charge in [-0.25, -0.2) is 9.78 Å². The highest BCUT2D eigenvalue weighted by molar-refractivity contribution is 5.94. The second-order valence-corrected chi connectivity index (χ2v) is 8.74. The van der Waals surface area contributed by atoms with E-state index < -0.39 is 47.9 Å². The number of carbonyl (C=O) groups is 5. The normalized spacial score (nSPS) is 17.5. The molecule has 1 saturated heterocycles. The summed E-state index contributed by atoms with van der Waals surface area (Å²) in [6, 6.07) is -3.85. The number of carboxylic acids is 1. The second-order valence-electron chi connectivity index (χ2n) is 8.74. The smallest absolute Gasteiger partial charge is 0.326 e. The summed E-state index contributed by atoms with van der Waals surface area (Å²) in [7, 11) is 0. The number of rotatable bonds is 16. The van der Waals surface area contributed by atoms with E-state index >= 15 is 0 Å². The van der Waals surface area contributed by atoms with Crippen LogP contribution in [0.2, 0.25) is 0 Å². The van der Waals surface area contributed by atoms with Gasteiger partial charge in [-0.15, -0.1) is 0 Å². The molecule has 0 radical (unpaired) electrons. The van der Waals surface area contributed by atoms with Crippen LogP contribution in [0.4, 0.5) is 0 Å². The summed E-state index contributed by atoms with van der Waals surface area (Å²) in [6.45, 7) is 1.09. The van der Waals surface area contributed by atoms with E-state index in [1.807, 2.05) is 0 Å². The van der Waals surface area contributed by atoms with Crippen molar-refractivity contribution < 1.29 is 29.1 Å². The van der Waals surface area contributed by atoms with Crippen molar-refractivity contribution in [2.45, 2.75) is 75.5 Å². The molecule has 1 aromatic heterocycles. The van der Waals surface area contributed by atoms with Crippen LogP contribution in [0.3, 0.4) is 0 Å². The quantitative estimate of drug-likeness (QED) is 0.111. The summed E-state index contributed by atoms with van der Waals surface area (Å²) in [4.78, 5) is 68.3. The highest BCUT2D eigenvalue weighted by atomic mass is 16.4. The van der Waals surface area contributed by atoms with E-state index in [0.29, 0.717) is 38.0 Å². The summed E-state index contributed by atoms with van der Waals surface area (Å²) >= 11 is 0. The average Bonchev–Trinajstić information content (AvgIpc) is 3.54. The Morgan fingerprint density at radius 2 is 1.78 bits per heavy atom. The number of hydrogen-bond acceptors (Lipinski definition) is 8. The maximum atomic E-state index is 13.2. The number of unbranched alkanes of at least 4 members (excludes halogenated alkanes) is 1. The molecule has 0 bridgehead atoms. The first-order valence-electron chi connectivity index (χ1n) is 12.0. The molecule has 36 heavy (non-hydrogen) atoms. The third-order valence-electron chi connectivity index (χ3n) is 5.86. The molecule has 4 unspecified atom stereocenters. The molecule has 0 aromatic carbocycles. The Morgan fingerprint density at radius 3 is 2.36 bits per heavy atom. The molecule has 200 valence electrons. The summed E-state index contributed by atoms with van der Waals surface area (Å²) in [5, 5.41) is 20.2. The van der Waals surface area contributed by atoms with Gasteiger partial charge in [0.15, 0.2) is 0 Å². The largest absolute Gasteiger partial charge is 0.480 e. The standard InChI is InChI=1S/C22H36N8O6/c23-8-2-1-4-15(20(33)29-16(22(35)36)6-7-18(24)31)28-21(34)17(10-13-11-25-12-27-13)30-19(32)14-5-3-9-26-14/h11-12,14-17,26H,1-10,23H2,(H2,24,31)(H,25,27)(H,28,34)(H,29,33)(H,30,32)(H,35,36). The minimum atomic E-state index is -1.35. The number of nitrogens with zero attached hydrogens (tertiary/aromatic N) is 1. The van der Waals surface area contributed by atoms with Crippen LogP contribution in [0.5, 0.6) is 0 Å². The van der Waals surface area contributed by atoms with Crippen LogP contribution in [-0.2, 0) is 30.4 Å². The van der Waals surface area contributed by atoms with Crippen molar-refractivity contribution >= 4 is 29.6 Å². The van der Waals surface area contributed by atoms with Gasteiger partial charge in [-0.3, -0.25) is 19.2 Å². The van der Waals surface area contributed by atoms with Gasteiger partial charge in [-0.05, 0) is 51.6 Å². The summed E-state index contributed by atoms with van der Waals surface area (Å²) < 4.78 is 0. The zero-order valence-corrected chi connectivity index (χ0v) is 20.1. The zero-order valence-electron chi connectivity index (χ0n) is 20.1. The first-order valence-corrected chi connectivity index (χ1v) is 12.0. The van der Waals surface area contributed by atoms with Gasteiger partial charge in [-0.1, -0.05) is 0 Å². The number of primary amides is 1. The Kier molecular flexibility index (Phi) is 11.8. The van der Waals surface area contributed by atoms with Gasteiger partial charge in [0, 0.05) is 24.7 Å². The molecular formula is C22H36N8O6. The molecule has 1 fully saturated rings. The average molecular weight is 509 g/mol. The van der Waals surface area contributed by atoms with Gasteiger partial charge < -0.3 is 42.8 Å². The number of hydrogen-bond donors (Lipinski definition) is 8. The molecular weight excluding hydrogens is 472 g/mol. The van der Waals surface area contributed by atoms with Crippen molar-refractivity contribution in [1.29, 1.82) is 0 Å². The Morgan fingerprint density at radius 1 is 1.06 bits per heavy atom. The maximum Gasteiger partial charge on any atom is 0.326 e. The zero-order chi connectivity index (χ0) is 26.5. The number of amides is 4. The first-order chi connectivity index (χ1) is 17.2. The molecule has 0 spiro atoms. The van der Waals surface area contributed by atoms with E-state index in [-0.39, 0.29) is 31.6 Å². The van der Waals surface area contributed by atoms with E-state index in [9.17, 15) is 29.1 Å². The van der Waals surface area contributed by atoms with Crippen LogP contribution in [0.1, 0.15) is 50.6 Å². The van der Waals surface area contributed by atoms with Gasteiger partial charge in [0.05, 0.1) is 12.4 Å². The van der Waals surface area contributed by atoms with Gasteiger partial charge >= 0.3 is 5.97 Å². The lowest BCUT2D eigenvalue weighted by molar-refractivity contribution is -0.142. The fourth-order valence-electron chi connectivity index (χ4n) is 3.86. The number of carboxylic acid groups (broad SMARTS) is 1.